The van der Waals surface area contributed by atoms with Gasteiger partial charge in [-0.05, 0) is 5.92 Å². The summed E-state index contributed by atoms with van der Waals surface area (Å²) in [5.74, 6) is 1.68. The molecule has 0 aromatic carbocycles. The second-order valence-corrected chi connectivity index (χ2v) is 7.22. The lowest BCUT2D eigenvalue weighted by molar-refractivity contribution is 0.521. The van der Waals surface area contributed by atoms with E-state index in [0.717, 1.165) is 11.4 Å². The van der Waals surface area contributed by atoms with Crippen LogP contribution in [0.15, 0.2) is 6.33 Å². The van der Waals surface area contributed by atoms with E-state index in [1.54, 1.807) is 7.05 Å². The molecule has 8 heteroatoms. The topological polar surface area (TPSA) is 87.2 Å². The molecule has 0 amide bonds. The molecule has 0 aliphatic carbocycles. The predicted octanol–water partition coefficient (Wildman–Crippen LogP) is 0.945. The Morgan fingerprint density at radius 1 is 1.25 bits per heavy atom. The van der Waals surface area contributed by atoms with Crippen molar-refractivity contribution in [3.05, 3.63) is 11.9 Å². The lowest BCUT2D eigenvalue weighted by Gasteiger charge is -2.17. The summed E-state index contributed by atoms with van der Waals surface area (Å²) in [6.45, 7) is 4.39. The maximum atomic E-state index is 11.7. The number of nitrogens with zero attached hydrogens (tertiary/aromatic N) is 3. The zero-order chi connectivity index (χ0) is 15.3. The van der Waals surface area contributed by atoms with E-state index >= 15 is 0 Å². The minimum Gasteiger partial charge on any atom is -0.373 e. The van der Waals surface area contributed by atoms with Crippen molar-refractivity contribution in [3.63, 3.8) is 0 Å². The maximum absolute atomic E-state index is 11.7. The molecule has 114 valence electrons. The third-order valence-electron chi connectivity index (χ3n) is 2.91. The van der Waals surface area contributed by atoms with Crippen LogP contribution in [0.1, 0.15) is 25.3 Å². The minimum atomic E-state index is -3.21. The van der Waals surface area contributed by atoms with Gasteiger partial charge in [-0.25, -0.2) is 22.7 Å². The molecule has 20 heavy (non-hydrogen) atoms. The maximum Gasteiger partial charge on any atom is 0.215 e. The van der Waals surface area contributed by atoms with Crippen LogP contribution >= 0.6 is 0 Å². The number of anilines is 2. The summed E-state index contributed by atoms with van der Waals surface area (Å²) in [5, 5.41) is 6.11. The zero-order valence-corrected chi connectivity index (χ0v) is 13.5. The van der Waals surface area contributed by atoms with E-state index < -0.39 is 10.0 Å². The van der Waals surface area contributed by atoms with E-state index in [0.29, 0.717) is 12.4 Å². The second-order valence-electron chi connectivity index (χ2n) is 4.91. The van der Waals surface area contributed by atoms with Gasteiger partial charge in [-0.15, -0.1) is 0 Å². The van der Waals surface area contributed by atoms with E-state index in [1.807, 2.05) is 13.8 Å². The molecule has 1 aromatic rings. The number of hydrogen-bond acceptors (Lipinski definition) is 6. The first kappa shape index (κ1) is 16.6. The Bertz CT molecular complexity index is 543. The summed E-state index contributed by atoms with van der Waals surface area (Å²) in [7, 11) is 1.65. The Morgan fingerprint density at radius 3 is 2.35 bits per heavy atom. The Labute approximate surface area is 120 Å². The molecule has 0 aliphatic rings. The average molecular weight is 301 g/mol. The lowest BCUT2D eigenvalue weighted by atomic mass is 10.0. The molecule has 0 atom stereocenters. The molecule has 0 radical (unpaired) electrons. The molecular formula is C12H23N5O2S. The first-order valence-corrected chi connectivity index (χ1v) is 8.07. The summed E-state index contributed by atoms with van der Waals surface area (Å²) < 4.78 is 24.6. The van der Waals surface area contributed by atoms with Crippen molar-refractivity contribution in [2.24, 2.45) is 0 Å². The normalized spacial score (nSPS) is 11.9. The molecule has 1 rings (SSSR count). The highest BCUT2D eigenvalue weighted by Crippen LogP contribution is 2.27. The van der Waals surface area contributed by atoms with Crippen molar-refractivity contribution in [1.82, 2.24) is 14.3 Å². The molecule has 0 bridgehead atoms. The first-order valence-electron chi connectivity index (χ1n) is 6.46. The van der Waals surface area contributed by atoms with Crippen LogP contribution in [0.5, 0.6) is 0 Å². The first-order chi connectivity index (χ1) is 9.29. The average Bonchev–Trinajstić information content (AvgIpc) is 2.37. The monoisotopic (exact) mass is 301 g/mol. The third-order valence-corrected chi connectivity index (χ3v) is 4.74. The Balaban J connectivity index is 2.84. The van der Waals surface area contributed by atoms with E-state index in [-0.39, 0.29) is 11.7 Å². The van der Waals surface area contributed by atoms with E-state index in [4.69, 9.17) is 0 Å². The molecule has 0 spiro atoms. The van der Waals surface area contributed by atoms with Crippen molar-refractivity contribution in [3.8, 4) is 0 Å². The van der Waals surface area contributed by atoms with Gasteiger partial charge in [-0.2, -0.15) is 0 Å². The number of sulfonamides is 1. The van der Waals surface area contributed by atoms with Gasteiger partial charge in [-0.1, -0.05) is 13.8 Å². The van der Waals surface area contributed by atoms with Gasteiger partial charge in [0.2, 0.25) is 10.0 Å². The molecule has 0 saturated carbocycles. The van der Waals surface area contributed by atoms with Gasteiger partial charge < -0.3 is 10.6 Å². The molecule has 0 saturated heterocycles. The largest absolute Gasteiger partial charge is 0.373 e. The summed E-state index contributed by atoms with van der Waals surface area (Å²) in [5.41, 5.74) is 0.956. The number of hydrogen-bond donors (Lipinski definition) is 2. The van der Waals surface area contributed by atoms with Gasteiger partial charge in [0, 0.05) is 33.3 Å². The molecule has 1 heterocycles. The van der Waals surface area contributed by atoms with Crippen molar-refractivity contribution in [2.75, 3.05) is 44.1 Å². The van der Waals surface area contributed by atoms with Crippen molar-refractivity contribution < 1.29 is 8.42 Å². The van der Waals surface area contributed by atoms with Crippen LogP contribution in [-0.4, -0.2) is 56.1 Å². The Hall–Kier alpha value is -1.41. The summed E-state index contributed by atoms with van der Waals surface area (Å²) in [4.78, 5) is 8.38. The lowest BCUT2D eigenvalue weighted by Crippen LogP contribution is -2.28. The van der Waals surface area contributed by atoms with Crippen LogP contribution in [0.4, 0.5) is 11.6 Å². The quantitative estimate of drug-likeness (QED) is 0.779. The fraction of sp³-hybridized carbons (Fsp3) is 0.667. The molecular weight excluding hydrogens is 278 g/mol. The van der Waals surface area contributed by atoms with E-state index in [1.165, 1.54) is 24.7 Å². The highest BCUT2D eigenvalue weighted by Gasteiger charge is 2.16. The highest BCUT2D eigenvalue weighted by molar-refractivity contribution is 7.89. The molecule has 0 aliphatic heterocycles. The summed E-state index contributed by atoms with van der Waals surface area (Å²) >= 11 is 0. The smallest absolute Gasteiger partial charge is 0.215 e. The van der Waals surface area contributed by atoms with Crippen molar-refractivity contribution in [1.29, 1.82) is 0 Å². The van der Waals surface area contributed by atoms with Crippen LogP contribution in [-0.2, 0) is 10.0 Å². The van der Waals surface area contributed by atoms with Crippen LogP contribution < -0.4 is 10.6 Å². The number of aromatic nitrogens is 2. The molecule has 1 aromatic heterocycles. The van der Waals surface area contributed by atoms with Crippen molar-refractivity contribution in [2.45, 2.75) is 19.8 Å². The standard InChI is InChI=1S/C12H23N5O2S/c1-9(2)10-11(13-3)15-8-16-12(10)14-6-7-20(18,19)17(4)5/h8-9H,6-7H2,1-5H3,(H2,13,14,15,16). The van der Waals surface area contributed by atoms with Gasteiger partial charge in [0.1, 0.15) is 18.0 Å². The van der Waals surface area contributed by atoms with Crippen LogP contribution in [0.25, 0.3) is 0 Å². The SMILES string of the molecule is CNc1ncnc(NCCS(=O)(=O)N(C)C)c1C(C)C. The fourth-order valence-corrected chi connectivity index (χ4v) is 2.49. The van der Waals surface area contributed by atoms with Gasteiger partial charge in [0.25, 0.3) is 0 Å². The minimum absolute atomic E-state index is 0.0242. The number of rotatable bonds is 7. The van der Waals surface area contributed by atoms with Crippen LogP contribution in [0, 0.1) is 0 Å². The Kier molecular flexibility index (Phi) is 5.70. The van der Waals surface area contributed by atoms with Gasteiger partial charge in [0.05, 0.1) is 5.75 Å². The van der Waals surface area contributed by atoms with Crippen LogP contribution in [0.3, 0.4) is 0 Å². The molecule has 0 fully saturated rings. The van der Waals surface area contributed by atoms with E-state index in [2.05, 4.69) is 20.6 Å². The van der Waals surface area contributed by atoms with Gasteiger partial charge in [0.15, 0.2) is 0 Å². The van der Waals surface area contributed by atoms with Crippen LogP contribution in [0.2, 0.25) is 0 Å². The Morgan fingerprint density at radius 2 is 1.85 bits per heavy atom. The van der Waals surface area contributed by atoms with Gasteiger partial charge >= 0.3 is 0 Å². The molecule has 2 N–H and O–H groups in total. The predicted molar refractivity (Wildman–Crippen MR) is 81.6 cm³/mol. The zero-order valence-electron chi connectivity index (χ0n) is 12.6. The van der Waals surface area contributed by atoms with Crippen molar-refractivity contribution >= 4 is 21.7 Å². The molecule has 0 unspecified atom stereocenters. The van der Waals surface area contributed by atoms with E-state index in [9.17, 15) is 8.42 Å². The fourth-order valence-electron chi connectivity index (χ4n) is 1.76. The van der Waals surface area contributed by atoms with Gasteiger partial charge in [-0.3, -0.25) is 0 Å². The second kappa shape index (κ2) is 6.85. The summed E-state index contributed by atoms with van der Waals surface area (Å²) in [6, 6.07) is 0. The summed E-state index contributed by atoms with van der Waals surface area (Å²) in [6.07, 6.45) is 1.46. The molecule has 7 nitrogen and oxygen atoms in total. The highest BCUT2D eigenvalue weighted by atomic mass is 32.2. The third kappa shape index (κ3) is 4.04. The number of nitrogens with one attached hydrogen (secondary N) is 2.